The average molecular weight is 359 g/mol. The Labute approximate surface area is 160 Å². The molecule has 0 spiro atoms. The second-order valence-corrected chi connectivity index (χ2v) is 6.41. The summed E-state index contributed by atoms with van der Waals surface area (Å²) in [4.78, 5) is 19.0. The lowest BCUT2D eigenvalue weighted by atomic mass is 10.1. The normalized spacial score (nSPS) is 10.4. The number of carbonyl (C=O) groups is 1. The highest BCUT2D eigenvalue weighted by molar-refractivity contribution is 6.02. The fourth-order valence-electron chi connectivity index (χ4n) is 2.92. The molecule has 4 heteroatoms. The van der Waals surface area contributed by atoms with Crippen molar-refractivity contribution in [2.45, 2.75) is 26.8 Å². The fourth-order valence-corrected chi connectivity index (χ4v) is 2.92. The fraction of sp³-hybridized carbons (Fsp3) is 0.217. The SMILES string of the molecule is CCc1ccc(NC(=O)c2ccc(N(CC)Cc3ccccc3)cn2)cc1. The van der Waals surface area contributed by atoms with Crippen LogP contribution in [0.5, 0.6) is 0 Å². The number of benzene rings is 2. The molecule has 0 aliphatic heterocycles. The number of hydrogen-bond donors (Lipinski definition) is 1. The molecule has 2 aromatic carbocycles. The summed E-state index contributed by atoms with van der Waals surface area (Å²) < 4.78 is 0. The standard InChI is InChI=1S/C23H25N3O/c1-3-18-10-12-20(13-11-18)25-23(27)22-15-14-21(16-24-22)26(4-2)17-19-8-6-5-7-9-19/h5-16H,3-4,17H2,1-2H3,(H,25,27). The molecule has 1 heterocycles. The molecule has 0 atom stereocenters. The minimum absolute atomic E-state index is 0.197. The molecule has 138 valence electrons. The van der Waals surface area contributed by atoms with Crippen molar-refractivity contribution in [3.63, 3.8) is 0 Å². The van der Waals surface area contributed by atoms with Crippen molar-refractivity contribution in [1.29, 1.82) is 0 Å². The minimum atomic E-state index is -0.197. The van der Waals surface area contributed by atoms with Gasteiger partial charge in [-0.2, -0.15) is 0 Å². The van der Waals surface area contributed by atoms with Crippen LogP contribution in [-0.4, -0.2) is 17.4 Å². The molecule has 0 aliphatic carbocycles. The molecule has 1 aromatic heterocycles. The summed E-state index contributed by atoms with van der Waals surface area (Å²) in [6.45, 7) is 5.90. The van der Waals surface area contributed by atoms with Crippen LogP contribution in [0.3, 0.4) is 0 Å². The molecule has 27 heavy (non-hydrogen) atoms. The quantitative estimate of drug-likeness (QED) is 0.651. The summed E-state index contributed by atoms with van der Waals surface area (Å²) in [6.07, 6.45) is 2.75. The summed E-state index contributed by atoms with van der Waals surface area (Å²) in [6, 6.07) is 21.9. The van der Waals surface area contributed by atoms with E-state index in [0.717, 1.165) is 30.9 Å². The highest BCUT2D eigenvalue weighted by atomic mass is 16.1. The molecule has 4 nitrogen and oxygen atoms in total. The molecule has 1 N–H and O–H groups in total. The first-order valence-electron chi connectivity index (χ1n) is 9.34. The molecule has 0 bridgehead atoms. The highest BCUT2D eigenvalue weighted by Crippen LogP contribution is 2.17. The average Bonchev–Trinajstić information content (AvgIpc) is 2.73. The summed E-state index contributed by atoms with van der Waals surface area (Å²) >= 11 is 0. The van der Waals surface area contributed by atoms with Gasteiger partial charge in [0.25, 0.3) is 5.91 Å². The van der Waals surface area contributed by atoms with Gasteiger partial charge >= 0.3 is 0 Å². The monoisotopic (exact) mass is 359 g/mol. The Balaban J connectivity index is 1.66. The molecule has 0 saturated carbocycles. The lowest BCUT2D eigenvalue weighted by Crippen LogP contribution is -2.22. The zero-order chi connectivity index (χ0) is 19.1. The Morgan fingerprint density at radius 2 is 1.67 bits per heavy atom. The van der Waals surface area contributed by atoms with Crippen molar-refractivity contribution >= 4 is 17.3 Å². The molecule has 3 rings (SSSR count). The van der Waals surface area contributed by atoms with Crippen LogP contribution in [0.1, 0.15) is 35.5 Å². The molecule has 0 fully saturated rings. The Bertz CT molecular complexity index is 858. The largest absolute Gasteiger partial charge is 0.366 e. The second-order valence-electron chi connectivity index (χ2n) is 6.41. The van der Waals surface area contributed by atoms with Gasteiger partial charge in [-0.05, 0) is 48.7 Å². The van der Waals surface area contributed by atoms with E-state index in [4.69, 9.17) is 0 Å². The number of anilines is 2. The van der Waals surface area contributed by atoms with Crippen molar-refractivity contribution in [3.8, 4) is 0 Å². The maximum absolute atomic E-state index is 12.4. The van der Waals surface area contributed by atoms with Gasteiger partial charge < -0.3 is 10.2 Å². The number of amides is 1. The lowest BCUT2D eigenvalue weighted by Gasteiger charge is -2.23. The molecule has 0 radical (unpaired) electrons. The molecule has 0 saturated heterocycles. The molecular formula is C23H25N3O. The van der Waals surface area contributed by atoms with Gasteiger partial charge in [-0.1, -0.05) is 49.4 Å². The maximum Gasteiger partial charge on any atom is 0.274 e. The van der Waals surface area contributed by atoms with Gasteiger partial charge in [0.15, 0.2) is 0 Å². The van der Waals surface area contributed by atoms with E-state index in [1.165, 1.54) is 11.1 Å². The van der Waals surface area contributed by atoms with E-state index in [9.17, 15) is 4.79 Å². The van der Waals surface area contributed by atoms with Crippen molar-refractivity contribution in [2.75, 3.05) is 16.8 Å². The third-order valence-corrected chi connectivity index (χ3v) is 4.56. The number of aromatic nitrogens is 1. The van der Waals surface area contributed by atoms with Crippen molar-refractivity contribution in [1.82, 2.24) is 4.98 Å². The molecule has 0 aliphatic rings. The third kappa shape index (κ3) is 4.94. The van der Waals surface area contributed by atoms with E-state index >= 15 is 0 Å². The number of hydrogen-bond acceptors (Lipinski definition) is 3. The highest BCUT2D eigenvalue weighted by Gasteiger charge is 2.10. The molecule has 0 unspecified atom stereocenters. The topological polar surface area (TPSA) is 45.2 Å². The number of aryl methyl sites for hydroxylation is 1. The van der Waals surface area contributed by atoms with Crippen LogP contribution in [0.4, 0.5) is 11.4 Å². The first kappa shape index (κ1) is 18.6. The van der Waals surface area contributed by atoms with Crippen LogP contribution in [0.2, 0.25) is 0 Å². The lowest BCUT2D eigenvalue weighted by molar-refractivity contribution is 0.102. The van der Waals surface area contributed by atoms with Crippen molar-refractivity contribution in [2.24, 2.45) is 0 Å². The zero-order valence-corrected chi connectivity index (χ0v) is 15.9. The van der Waals surface area contributed by atoms with Crippen LogP contribution < -0.4 is 10.2 Å². The van der Waals surface area contributed by atoms with Gasteiger partial charge in [-0.25, -0.2) is 4.98 Å². The van der Waals surface area contributed by atoms with E-state index in [1.807, 2.05) is 48.5 Å². The third-order valence-electron chi connectivity index (χ3n) is 4.56. The van der Waals surface area contributed by atoms with Gasteiger partial charge in [0.1, 0.15) is 5.69 Å². The van der Waals surface area contributed by atoms with Gasteiger partial charge in [0.2, 0.25) is 0 Å². The van der Waals surface area contributed by atoms with Crippen LogP contribution in [0.25, 0.3) is 0 Å². The van der Waals surface area contributed by atoms with Gasteiger partial charge in [0.05, 0.1) is 11.9 Å². The zero-order valence-electron chi connectivity index (χ0n) is 15.9. The van der Waals surface area contributed by atoms with Crippen LogP contribution in [0.15, 0.2) is 72.9 Å². The number of rotatable bonds is 7. The van der Waals surface area contributed by atoms with Gasteiger partial charge in [-0.15, -0.1) is 0 Å². The Hall–Kier alpha value is -3.14. The van der Waals surface area contributed by atoms with Crippen LogP contribution in [0, 0.1) is 0 Å². The predicted octanol–water partition coefficient (Wildman–Crippen LogP) is 4.92. The number of nitrogens with zero attached hydrogens (tertiary/aromatic N) is 2. The first-order chi connectivity index (χ1) is 13.2. The Morgan fingerprint density at radius 1 is 0.926 bits per heavy atom. The summed E-state index contributed by atoms with van der Waals surface area (Å²) in [5, 5.41) is 2.90. The molecule has 1 amide bonds. The van der Waals surface area contributed by atoms with Crippen molar-refractivity contribution < 1.29 is 4.79 Å². The van der Waals surface area contributed by atoms with Crippen molar-refractivity contribution in [3.05, 3.63) is 89.7 Å². The summed E-state index contributed by atoms with van der Waals surface area (Å²) in [5.41, 5.74) is 4.69. The molecular weight excluding hydrogens is 334 g/mol. The van der Waals surface area contributed by atoms with Gasteiger partial charge in [-0.3, -0.25) is 4.79 Å². The minimum Gasteiger partial charge on any atom is -0.366 e. The number of carbonyl (C=O) groups excluding carboxylic acids is 1. The smallest absolute Gasteiger partial charge is 0.274 e. The van der Waals surface area contributed by atoms with E-state index < -0.39 is 0 Å². The number of nitrogens with one attached hydrogen (secondary N) is 1. The summed E-state index contributed by atoms with van der Waals surface area (Å²) in [5.74, 6) is -0.197. The van der Waals surface area contributed by atoms with E-state index in [1.54, 1.807) is 12.3 Å². The summed E-state index contributed by atoms with van der Waals surface area (Å²) in [7, 11) is 0. The van der Waals surface area contributed by atoms with Crippen LogP contribution in [-0.2, 0) is 13.0 Å². The number of pyridine rings is 1. The Morgan fingerprint density at radius 3 is 2.26 bits per heavy atom. The van der Waals surface area contributed by atoms with Gasteiger partial charge in [0, 0.05) is 18.8 Å². The van der Waals surface area contributed by atoms with E-state index in [2.05, 4.69) is 41.2 Å². The second kappa shape index (κ2) is 8.99. The maximum atomic E-state index is 12.4. The predicted molar refractivity (Wildman–Crippen MR) is 111 cm³/mol. The van der Waals surface area contributed by atoms with E-state index in [-0.39, 0.29) is 5.91 Å². The molecule has 3 aromatic rings. The van der Waals surface area contributed by atoms with E-state index in [0.29, 0.717) is 5.69 Å². The Kier molecular flexibility index (Phi) is 6.21. The van der Waals surface area contributed by atoms with Crippen LogP contribution >= 0.6 is 0 Å². The first-order valence-corrected chi connectivity index (χ1v) is 9.34.